The molecule has 0 radical (unpaired) electrons. The van der Waals surface area contributed by atoms with E-state index in [2.05, 4.69) is 228 Å². The number of nitrogens with zero attached hydrogens (tertiary/aromatic N) is 2. The molecule has 10 aromatic carbocycles. The second-order valence-electron chi connectivity index (χ2n) is 16.4. The van der Waals surface area contributed by atoms with Gasteiger partial charge in [-0.25, -0.2) is 0 Å². The molecule has 0 unspecified atom stereocenters. The minimum Gasteiger partial charge on any atom is -0.455 e. The average molecular weight is 819 g/mol. The molecule has 0 N–H and O–H groups in total. The number of para-hydroxylation sites is 7. The number of aromatic nitrogens is 1. The van der Waals surface area contributed by atoms with Gasteiger partial charge in [0, 0.05) is 60.4 Å². The maximum absolute atomic E-state index is 6.82. The largest absolute Gasteiger partial charge is 0.455 e. The Morgan fingerprint density at radius 2 is 0.844 bits per heavy atom. The second-order valence-corrected chi connectivity index (χ2v) is 16.4. The van der Waals surface area contributed by atoms with E-state index in [1.807, 2.05) is 12.1 Å². The smallest absolute Gasteiger partial charge is 0.143 e. The molecule has 0 amide bonds. The van der Waals surface area contributed by atoms with Crippen LogP contribution in [0.4, 0.5) is 17.1 Å². The number of furan rings is 2. The molecule has 0 bridgehead atoms. The SMILES string of the molecule is c1ccc(-c2ccccc2N(c2ccc(-c3cccc4c3oc3ccccc34)c(-c3cccc4c3oc3ccccc34)c2)c2cccc3c2c2ccccc2n3-c2ccccc2)cc1. The van der Waals surface area contributed by atoms with Crippen LogP contribution in [0.5, 0.6) is 0 Å². The number of fused-ring (bicyclic) bond motifs is 9. The van der Waals surface area contributed by atoms with Crippen molar-refractivity contribution in [1.29, 1.82) is 0 Å². The third-order valence-corrected chi connectivity index (χ3v) is 12.8. The van der Waals surface area contributed by atoms with Gasteiger partial charge in [-0.15, -0.1) is 0 Å². The first-order valence-electron chi connectivity index (χ1n) is 21.8. The van der Waals surface area contributed by atoms with Crippen molar-refractivity contribution in [2.45, 2.75) is 0 Å². The third kappa shape index (κ3) is 5.56. The van der Waals surface area contributed by atoms with E-state index in [-0.39, 0.29) is 0 Å². The monoisotopic (exact) mass is 818 g/mol. The Morgan fingerprint density at radius 1 is 0.328 bits per heavy atom. The second kappa shape index (κ2) is 14.5. The van der Waals surface area contributed by atoms with E-state index in [1.54, 1.807) is 0 Å². The molecule has 0 fully saturated rings. The molecule has 4 nitrogen and oxygen atoms in total. The van der Waals surface area contributed by atoms with Crippen molar-refractivity contribution >= 4 is 82.7 Å². The Kier molecular flexibility index (Phi) is 8.18. The first-order chi connectivity index (χ1) is 31.8. The Balaban J connectivity index is 1.14. The standard InChI is InChI=1S/C60H38N2O2/c1-3-18-39(19-4-1)42-22-7-11-30-52(42)62(55-33-17-32-54-58(55)50-25-8-12-31-53(50)61(54)40-20-5-2-6-21-40)41-36-37-43(46-26-15-27-47-44-23-9-13-34-56(44)63-59(46)47)51(38-41)49-29-16-28-48-45-24-10-14-35-57(45)64-60(48)49/h1-38H. The highest BCUT2D eigenvalue weighted by Crippen LogP contribution is 2.50. The van der Waals surface area contributed by atoms with Gasteiger partial charge in [0.1, 0.15) is 22.3 Å². The minimum atomic E-state index is 0.850. The van der Waals surface area contributed by atoms with Crippen LogP contribution < -0.4 is 4.90 Å². The first-order valence-corrected chi connectivity index (χ1v) is 21.8. The van der Waals surface area contributed by atoms with Gasteiger partial charge in [0.15, 0.2) is 0 Å². The highest BCUT2D eigenvalue weighted by Gasteiger charge is 2.26. The summed E-state index contributed by atoms with van der Waals surface area (Å²) in [5, 5.41) is 6.71. The average Bonchev–Trinajstić information content (AvgIpc) is 4.05. The topological polar surface area (TPSA) is 34.5 Å². The summed E-state index contributed by atoms with van der Waals surface area (Å²) in [7, 11) is 0. The molecule has 3 heterocycles. The Labute approximate surface area is 369 Å². The third-order valence-electron chi connectivity index (χ3n) is 12.8. The zero-order valence-electron chi connectivity index (χ0n) is 34.7. The van der Waals surface area contributed by atoms with E-state index in [1.165, 1.54) is 10.8 Å². The first kappa shape index (κ1) is 36.1. The zero-order valence-corrected chi connectivity index (χ0v) is 34.7. The molecule has 13 aromatic rings. The van der Waals surface area contributed by atoms with Gasteiger partial charge in [0.25, 0.3) is 0 Å². The fraction of sp³-hybridized carbons (Fsp3) is 0. The van der Waals surface area contributed by atoms with Crippen molar-refractivity contribution in [3.05, 3.63) is 231 Å². The van der Waals surface area contributed by atoms with Crippen molar-refractivity contribution in [3.8, 4) is 39.1 Å². The van der Waals surface area contributed by atoms with Gasteiger partial charge in [-0.2, -0.15) is 0 Å². The number of anilines is 3. The molecule has 3 aromatic heterocycles. The van der Waals surface area contributed by atoms with Gasteiger partial charge in [-0.1, -0.05) is 170 Å². The molecular weight excluding hydrogens is 781 g/mol. The summed E-state index contributed by atoms with van der Waals surface area (Å²) in [5.74, 6) is 0. The highest BCUT2D eigenvalue weighted by molar-refractivity contribution is 6.18. The molecule has 0 aliphatic rings. The normalized spacial score (nSPS) is 11.8. The van der Waals surface area contributed by atoms with E-state index in [4.69, 9.17) is 8.83 Å². The molecule has 64 heavy (non-hydrogen) atoms. The van der Waals surface area contributed by atoms with Gasteiger partial charge in [0.05, 0.1) is 22.4 Å². The van der Waals surface area contributed by atoms with Crippen LogP contribution in [0.2, 0.25) is 0 Å². The number of hydrogen-bond acceptors (Lipinski definition) is 3. The quantitative estimate of drug-likeness (QED) is 0.161. The Hall–Kier alpha value is -8.60. The maximum atomic E-state index is 6.82. The number of benzene rings is 10. The number of hydrogen-bond donors (Lipinski definition) is 0. The zero-order chi connectivity index (χ0) is 42.1. The molecule has 0 saturated heterocycles. The number of rotatable bonds is 7. The van der Waals surface area contributed by atoms with E-state index in [0.717, 1.165) is 111 Å². The summed E-state index contributed by atoms with van der Waals surface area (Å²) in [6.07, 6.45) is 0. The lowest BCUT2D eigenvalue weighted by atomic mass is 9.91. The van der Waals surface area contributed by atoms with Gasteiger partial charge >= 0.3 is 0 Å². The predicted octanol–water partition coefficient (Wildman–Crippen LogP) is 17.1. The maximum Gasteiger partial charge on any atom is 0.143 e. The van der Waals surface area contributed by atoms with Gasteiger partial charge in [-0.05, 0) is 77.4 Å². The van der Waals surface area contributed by atoms with Gasteiger partial charge in [-0.3, -0.25) is 0 Å². The van der Waals surface area contributed by atoms with Crippen LogP contribution >= 0.6 is 0 Å². The van der Waals surface area contributed by atoms with Crippen LogP contribution in [0.1, 0.15) is 0 Å². The fourth-order valence-electron chi connectivity index (χ4n) is 10.0. The Morgan fingerprint density at radius 3 is 1.56 bits per heavy atom. The lowest BCUT2D eigenvalue weighted by molar-refractivity contribution is 0.669. The molecule has 0 aliphatic heterocycles. The molecular formula is C60H38N2O2. The predicted molar refractivity (Wildman–Crippen MR) is 266 cm³/mol. The summed E-state index contributed by atoms with van der Waals surface area (Å²) in [6.45, 7) is 0. The fourth-order valence-corrected chi connectivity index (χ4v) is 10.0. The van der Waals surface area contributed by atoms with Crippen molar-refractivity contribution in [1.82, 2.24) is 4.57 Å². The van der Waals surface area contributed by atoms with E-state index < -0.39 is 0 Å². The minimum absolute atomic E-state index is 0.850. The molecule has 0 atom stereocenters. The van der Waals surface area contributed by atoms with Crippen LogP contribution in [0.3, 0.4) is 0 Å². The van der Waals surface area contributed by atoms with Gasteiger partial charge < -0.3 is 18.3 Å². The van der Waals surface area contributed by atoms with Crippen molar-refractivity contribution in [2.75, 3.05) is 4.90 Å². The van der Waals surface area contributed by atoms with E-state index in [0.29, 0.717) is 0 Å². The molecule has 4 heteroatoms. The summed E-state index contributed by atoms with van der Waals surface area (Å²) < 4.78 is 15.9. The molecule has 13 rings (SSSR count). The molecule has 300 valence electrons. The van der Waals surface area contributed by atoms with E-state index >= 15 is 0 Å². The van der Waals surface area contributed by atoms with Crippen LogP contribution in [0.15, 0.2) is 239 Å². The van der Waals surface area contributed by atoms with Crippen LogP contribution in [0.25, 0.3) is 105 Å². The van der Waals surface area contributed by atoms with Crippen LogP contribution in [0, 0.1) is 0 Å². The van der Waals surface area contributed by atoms with Crippen molar-refractivity contribution < 1.29 is 8.83 Å². The highest BCUT2D eigenvalue weighted by atomic mass is 16.3. The van der Waals surface area contributed by atoms with Crippen LogP contribution in [-0.4, -0.2) is 4.57 Å². The lowest BCUT2D eigenvalue weighted by Gasteiger charge is -2.29. The van der Waals surface area contributed by atoms with Crippen LogP contribution in [-0.2, 0) is 0 Å². The van der Waals surface area contributed by atoms with Gasteiger partial charge in [0.2, 0.25) is 0 Å². The summed E-state index contributed by atoms with van der Waals surface area (Å²) in [6, 6.07) is 82.2. The lowest BCUT2D eigenvalue weighted by Crippen LogP contribution is -2.12. The summed E-state index contributed by atoms with van der Waals surface area (Å²) in [5.41, 5.74) is 16.4. The molecule has 0 aliphatic carbocycles. The van der Waals surface area contributed by atoms with Crippen molar-refractivity contribution in [3.63, 3.8) is 0 Å². The Bertz CT molecular complexity index is 3910. The summed E-state index contributed by atoms with van der Waals surface area (Å²) >= 11 is 0. The molecule has 0 saturated carbocycles. The van der Waals surface area contributed by atoms with E-state index in [9.17, 15) is 0 Å². The van der Waals surface area contributed by atoms with Crippen molar-refractivity contribution in [2.24, 2.45) is 0 Å². The molecule has 0 spiro atoms. The summed E-state index contributed by atoms with van der Waals surface area (Å²) in [4.78, 5) is 2.46.